The van der Waals surface area contributed by atoms with E-state index in [-0.39, 0.29) is 0 Å². The van der Waals surface area contributed by atoms with Crippen LogP contribution in [0.4, 0.5) is 11.5 Å². The minimum absolute atomic E-state index is 0.326. The molecule has 90 valence electrons. The Morgan fingerprint density at radius 1 is 1.35 bits per heavy atom. The van der Waals surface area contributed by atoms with E-state index in [1.54, 1.807) is 6.07 Å². The second kappa shape index (κ2) is 4.25. The van der Waals surface area contributed by atoms with Crippen molar-refractivity contribution in [3.05, 3.63) is 17.8 Å². The standard InChI is InChI=1S/C13H18N4/c1-13(2)5-7-17(8-6-13)12-4-3-10(15)11(9-14)16-12/h3-4H,5-8,15H2,1-2H3. The van der Waals surface area contributed by atoms with Crippen molar-refractivity contribution in [2.24, 2.45) is 5.41 Å². The average molecular weight is 230 g/mol. The molecule has 0 bridgehead atoms. The third-order valence-corrected chi connectivity index (χ3v) is 3.46. The summed E-state index contributed by atoms with van der Waals surface area (Å²) in [7, 11) is 0. The molecule has 0 spiro atoms. The van der Waals surface area contributed by atoms with Gasteiger partial charge in [0, 0.05) is 13.1 Å². The molecule has 0 aromatic carbocycles. The molecule has 4 heteroatoms. The lowest BCUT2D eigenvalue weighted by Crippen LogP contribution is -2.37. The van der Waals surface area contributed by atoms with Gasteiger partial charge in [-0.1, -0.05) is 13.8 Å². The lowest BCUT2D eigenvalue weighted by atomic mass is 9.83. The van der Waals surface area contributed by atoms with Gasteiger partial charge in [-0.25, -0.2) is 4.98 Å². The lowest BCUT2D eigenvalue weighted by Gasteiger charge is -2.37. The maximum absolute atomic E-state index is 8.91. The second-order valence-electron chi connectivity index (χ2n) is 5.37. The highest BCUT2D eigenvalue weighted by atomic mass is 15.2. The molecule has 1 saturated heterocycles. The zero-order valence-electron chi connectivity index (χ0n) is 10.4. The van der Waals surface area contributed by atoms with Gasteiger partial charge in [0.1, 0.15) is 11.9 Å². The first-order chi connectivity index (χ1) is 8.02. The number of piperidine rings is 1. The molecule has 0 aliphatic carbocycles. The summed E-state index contributed by atoms with van der Waals surface area (Å²) in [6, 6.07) is 5.69. The summed E-state index contributed by atoms with van der Waals surface area (Å²) < 4.78 is 0. The SMILES string of the molecule is CC1(C)CCN(c2ccc(N)c(C#N)n2)CC1. The first kappa shape index (κ1) is 11.7. The van der Waals surface area contributed by atoms with Crippen LogP contribution in [0, 0.1) is 16.7 Å². The Kier molecular flexibility index (Phi) is 2.93. The van der Waals surface area contributed by atoms with Gasteiger partial charge < -0.3 is 10.6 Å². The van der Waals surface area contributed by atoms with E-state index in [4.69, 9.17) is 11.0 Å². The maximum atomic E-state index is 8.91. The van der Waals surface area contributed by atoms with E-state index in [0.717, 1.165) is 31.7 Å². The molecule has 0 unspecified atom stereocenters. The van der Waals surface area contributed by atoms with E-state index in [2.05, 4.69) is 23.7 Å². The molecule has 1 fully saturated rings. The van der Waals surface area contributed by atoms with Crippen LogP contribution in [0.2, 0.25) is 0 Å². The number of pyridine rings is 1. The molecule has 4 nitrogen and oxygen atoms in total. The minimum Gasteiger partial charge on any atom is -0.396 e. The molecule has 0 saturated carbocycles. The fourth-order valence-corrected chi connectivity index (χ4v) is 2.07. The van der Waals surface area contributed by atoms with Crippen LogP contribution in [0.15, 0.2) is 12.1 Å². The summed E-state index contributed by atoms with van der Waals surface area (Å²) >= 11 is 0. The van der Waals surface area contributed by atoms with E-state index in [9.17, 15) is 0 Å². The normalized spacial score (nSPS) is 18.8. The summed E-state index contributed by atoms with van der Waals surface area (Å²) in [4.78, 5) is 6.53. The number of nitrogen functional groups attached to an aromatic ring is 1. The van der Waals surface area contributed by atoms with Crippen LogP contribution < -0.4 is 10.6 Å². The molecule has 0 amide bonds. The summed E-state index contributed by atoms with van der Waals surface area (Å²) in [6.45, 7) is 6.58. The van der Waals surface area contributed by atoms with E-state index >= 15 is 0 Å². The minimum atomic E-state index is 0.326. The molecule has 0 radical (unpaired) electrons. The molecular weight excluding hydrogens is 212 g/mol. The highest BCUT2D eigenvalue weighted by Gasteiger charge is 2.26. The van der Waals surface area contributed by atoms with Gasteiger partial charge in [0.25, 0.3) is 0 Å². The quantitative estimate of drug-likeness (QED) is 0.803. The fourth-order valence-electron chi connectivity index (χ4n) is 2.07. The number of nitriles is 1. The molecule has 17 heavy (non-hydrogen) atoms. The molecule has 2 N–H and O–H groups in total. The van der Waals surface area contributed by atoms with E-state index in [1.807, 2.05) is 12.1 Å². The zero-order chi connectivity index (χ0) is 12.5. The van der Waals surface area contributed by atoms with Crippen LogP contribution in [0.5, 0.6) is 0 Å². The predicted molar refractivity (Wildman–Crippen MR) is 68.6 cm³/mol. The number of anilines is 2. The lowest BCUT2D eigenvalue weighted by molar-refractivity contribution is 0.279. The monoisotopic (exact) mass is 230 g/mol. The first-order valence-electron chi connectivity index (χ1n) is 5.93. The van der Waals surface area contributed by atoms with E-state index in [1.165, 1.54) is 0 Å². The Bertz CT molecular complexity index is 449. The van der Waals surface area contributed by atoms with Crippen molar-refractivity contribution in [2.45, 2.75) is 26.7 Å². The number of rotatable bonds is 1. The first-order valence-corrected chi connectivity index (χ1v) is 5.93. The third kappa shape index (κ3) is 2.50. The van der Waals surface area contributed by atoms with Crippen molar-refractivity contribution in [3.8, 4) is 6.07 Å². The number of nitrogens with two attached hydrogens (primary N) is 1. The van der Waals surface area contributed by atoms with Gasteiger partial charge in [0.05, 0.1) is 5.69 Å². The van der Waals surface area contributed by atoms with Gasteiger partial charge in [-0.05, 0) is 30.4 Å². The van der Waals surface area contributed by atoms with Crippen LogP contribution >= 0.6 is 0 Å². The number of hydrogen-bond acceptors (Lipinski definition) is 4. The van der Waals surface area contributed by atoms with Gasteiger partial charge in [-0.2, -0.15) is 5.26 Å². The largest absolute Gasteiger partial charge is 0.396 e. The van der Waals surface area contributed by atoms with E-state index < -0.39 is 0 Å². The van der Waals surface area contributed by atoms with Crippen molar-refractivity contribution >= 4 is 11.5 Å². The molecule has 1 aromatic rings. The predicted octanol–water partition coefficient (Wildman–Crippen LogP) is 2.16. The van der Waals surface area contributed by atoms with Crippen LogP contribution in [-0.4, -0.2) is 18.1 Å². The van der Waals surface area contributed by atoms with Crippen molar-refractivity contribution in [1.82, 2.24) is 4.98 Å². The third-order valence-electron chi connectivity index (χ3n) is 3.46. The molecule has 1 aromatic heterocycles. The van der Waals surface area contributed by atoms with Crippen molar-refractivity contribution in [1.29, 1.82) is 5.26 Å². The highest BCUT2D eigenvalue weighted by molar-refractivity contribution is 5.55. The Morgan fingerprint density at radius 3 is 2.59 bits per heavy atom. The summed E-state index contributed by atoms with van der Waals surface area (Å²) in [5.41, 5.74) is 6.87. The average Bonchev–Trinajstić information content (AvgIpc) is 2.30. The van der Waals surface area contributed by atoms with Crippen LogP contribution in [0.3, 0.4) is 0 Å². The molecule has 2 rings (SSSR count). The molecule has 1 aliphatic rings. The van der Waals surface area contributed by atoms with Gasteiger partial charge in [0.15, 0.2) is 5.69 Å². The number of nitrogens with zero attached hydrogens (tertiary/aromatic N) is 3. The highest BCUT2D eigenvalue weighted by Crippen LogP contribution is 2.31. The van der Waals surface area contributed by atoms with Crippen molar-refractivity contribution < 1.29 is 0 Å². The van der Waals surface area contributed by atoms with Crippen LogP contribution in [0.1, 0.15) is 32.4 Å². The smallest absolute Gasteiger partial charge is 0.165 e. The van der Waals surface area contributed by atoms with Gasteiger partial charge >= 0.3 is 0 Å². The topological polar surface area (TPSA) is 65.9 Å². The van der Waals surface area contributed by atoms with Gasteiger partial charge in [-0.3, -0.25) is 0 Å². The fraction of sp³-hybridized carbons (Fsp3) is 0.538. The van der Waals surface area contributed by atoms with Gasteiger partial charge in [0.2, 0.25) is 0 Å². The Balaban J connectivity index is 2.17. The Morgan fingerprint density at radius 2 is 2.00 bits per heavy atom. The van der Waals surface area contributed by atoms with E-state index in [0.29, 0.717) is 16.8 Å². The Labute approximate surface area is 102 Å². The van der Waals surface area contributed by atoms with Gasteiger partial charge in [-0.15, -0.1) is 0 Å². The molecule has 1 aliphatic heterocycles. The Hall–Kier alpha value is -1.76. The molecular formula is C13H18N4. The zero-order valence-corrected chi connectivity index (χ0v) is 10.4. The van der Waals surface area contributed by atoms with Crippen LogP contribution in [0.25, 0.3) is 0 Å². The summed E-state index contributed by atoms with van der Waals surface area (Å²) in [5, 5.41) is 8.91. The number of hydrogen-bond donors (Lipinski definition) is 1. The van der Waals surface area contributed by atoms with Crippen molar-refractivity contribution in [2.75, 3.05) is 23.7 Å². The maximum Gasteiger partial charge on any atom is 0.165 e. The van der Waals surface area contributed by atoms with Crippen LogP contribution in [-0.2, 0) is 0 Å². The summed E-state index contributed by atoms with van der Waals surface area (Å²) in [6.07, 6.45) is 2.31. The van der Waals surface area contributed by atoms with Crippen molar-refractivity contribution in [3.63, 3.8) is 0 Å². The number of aromatic nitrogens is 1. The summed E-state index contributed by atoms with van der Waals surface area (Å²) in [5.74, 6) is 0.867. The molecule has 0 atom stereocenters. The second-order valence-corrected chi connectivity index (χ2v) is 5.37. The molecule has 2 heterocycles.